The molecular weight excluding hydrogens is 487 g/mol. The van der Waals surface area contributed by atoms with Gasteiger partial charge in [-0.25, -0.2) is 0 Å². The maximum atomic E-state index is 13.5. The number of rotatable bonds is 6. The van der Waals surface area contributed by atoms with Crippen molar-refractivity contribution < 1.29 is 32.2 Å². The molecule has 0 radical (unpaired) electrons. The zero-order chi connectivity index (χ0) is 27.0. The number of ether oxygens (including phenoxy) is 3. The van der Waals surface area contributed by atoms with Crippen LogP contribution in [0.25, 0.3) is 0 Å². The fourth-order valence-electron chi connectivity index (χ4n) is 4.92. The van der Waals surface area contributed by atoms with Crippen LogP contribution >= 0.6 is 0 Å². The van der Waals surface area contributed by atoms with Gasteiger partial charge in [-0.3, -0.25) is 14.2 Å². The minimum atomic E-state index is -4.61. The predicted molar refractivity (Wildman–Crippen MR) is 131 cm³/mol. The smallest absolute Gasteiger partial charge is 0.416 e. The topological polar surface area (TPSA) is 67.0 Å². The maximum absolute atomic E-state index is 13.5. The van der Waals surface area contributed by atoms with Crippen molar-refractivity contribution in [1.82, 2.24) is 9.36 Å². The molecule has 1 unspecified atom stereocenters. The van der Waals surface area contributed by atoms with Crippen LogP contribution in [0.3, 0.4) is 0 Å². The summed E-state index contributed by atoms with van der Waals surface area (Å²) >= 11 is 0. The highest BCUT2D eigenvalue weighted by Gasteiger charge is 2.33. The van der Waals surface area contributed by atoms with Crippen LogP contribution in [0.1, 0.15) is 75.0 Å². The van der Waals surface area contributed by atoms with Gasteiger partial charge in [-0.2, -0.15) is 18.2 Å². The van der Waals surface area contributed by atoms with Gasteiger partial charge in [-0.15, -0.1) is 0 Å². The molecule has 4 rings (SSSR count). The molecule has 3 heterocycles. The Bertz CT molecular complexity index is 1190. The van der Waals surface area contributed by atoms with E-state index < -0.39 is 17.6 Å². The van der Waals surface area contributed by atoms with E-state index in [1.165, 1.54) is 6.07 Å². The third-order valence-electron chi connectivity index (χ3n) is 6.91. The third-order valence-corrected chi connectivity index (χ3v) is 6.91. The SMILES string of the molecule is C[C@H]1CCC(COc2ccc(C(F)(F)F)cc2C(=O)N=c2cc(C(C)(C)C)n(C)n2C[C@H]2CCCO2)O1. The Hall–Kier alpha value is -2.59. The number of nitrogens with zero attached hydrogens (tertiary/aromatic N) is 3. The van der Waals surface area contributed by atoms with Gasteiger partial charge in [0, 0.05) is 30.8 Å². The summed E-state index contributed by atoms with van der Waals surface area (Å²) in [4.78, 5) is 17.7. The van der Waals surface area contributed by atoms with Crippen molar-refractivity contribution in [3.63, 3.8) is 0 Å². The average Bonchev–Trinajstić information content (AvgIpc) is 3.54. The Labute approximate surface area is 215 Å². The number of hydrogen-bond donors (Lipinski definition) is 0. The number of alkyl halides is 3. The molecule has 1 aromatic carbocycles. The predicted octanol–water partition coefficient (Wildman–Crippen LogP) is 5.01. The Morgan fingerprint density at radius 3 is 2.49 bits per heavy atom. The van der Waals surface area contributed by atoms with Crippen LogP contribution in [-0.2, 0) is 34.7 Å². The quantitative estimate of drug-likeness (QED) is 0.534. The summed E-state index contributed by atoms with van der Waals surface area (Å²) < 4.78 is 61.7. The van der Waals surface area contributed by atoms with E-state index in [0.29, 0.717) is 18.6 Å². The standard InChI is InChI=1S/C27H36F3N3O4/c1-17-8-10-20(37-17)16-36-22-11-9-18(27(28,29)30)13-21(22)25(34)31-24-14-23(26(2,3)4)32(5)33(24)15-19-7-6-12-35-19/h9,11,13-14,17,19-20H,6-8,10,12,15-16H2,1-5H3/t17-,19+,20?/m0/s1. The molecule has 204 valence electrons. The second-order valence-corrected chi connectivity index (χ2v) is 11.0. The van der Waals surface area contributed by atoms with Gasteiger partial charge in [0.05, 0.1) is 36.0 Å². The van der Waals surface area contributed by atoms with E-state index in [0.717, 1.165) is 43.5 Å². The maximum Gasteiger partial charge on any atom is 0.416 e. The lowest BCUT2D eigenvalue weighted by molar-refractivity contribution is -0.137. The molecule has 2 aromatic rings. The minimum Gasteiger partial charge on any atom is -0.490 e. The molecule has 1 amide bonds. The van der Waals surface area contributed by atoms with Crippen LogP contribution < -0.4 is 10.2 Å². The highest BCUT2D eigenvalue weighted by atomic mass is 19.4. The normalized spacial score (nSPS) is 23.1. The molecular formula is C27H36F3N3O4. The van der Waals surface area contributed by atoms with Crippen molar-refractivity contribution in [2.45, 2.75) is 89.8 Å². The summed E-state index contributed by atoms with van der Waals surface area (Å²) in [5.41, 5.74) is -0.105. The van der Waals surface area contributed by atoms with Gasteiger partial charge in [0.2, 0.25) is 0 Å². The number of amides is 1. The molecule has 0 N–H and O–H groups in total. The van der Waals surface area contributed by atoms with Crippen LogP contribution in [0, 0.1) is 0 Å². The van der Waals surface area contributed by atoms with Crippen LogP contribution in [0.5, 0.6) is 5.75 Å². The highest BCUT2D eigenvalue weighted by Crippen LogP contribution is 2.33. The molecule has 2 aliphatic rings. The molecule has 2 saturated heterocycles. The largest absolute Gasteiger partial charge is 0.490 e. The number of hydrogen-bond acceptors (Lipinski definition) is 4. The first-order chi connectivity index (χ1) is 17.3. The second-order valence-electron chi connectivity index (χ2n) is 11.0. The van der Waals surface area contributed by atoms with Crippen molar-refractivity contribution in [1.29, 1.82) is 0 Å². The summed E-state index contributed by atoms with van der Waals surface area (Å²) in [7, 11) is 1.89. The summed E-state index contributed by atoms with van der Waals surface area (Å²) in [5, 5.41) is 0. The molecule has 0 saturated carbocycles. The number of aromatic nitrogens is 2. The van der Waals surface area contributed by atoms with Crippen LogP contribution in [0.4, 0.5) is 13.2 Å². The second kappa shape index (κ2) is 10.6. The highest BCUT2D eigenvalue weighted by molar-refractivity contribution is 5.97. The van der Waals surface area contributed by atoms with E-state index in [4.69, 9.17) is 14.2 Å². The first kappa shape index (κ1) is 27.4. The van der Waals surface area contributed by atoms with E-state index in [-0.39, 0.29) is 41.6 Å². The van der Waals surface area contributed by atoms with E-state index in [1.54, 1.807) is 0 Å². The molecule has 3 atom stereocenters. The van der Waals surface area contributed by atoms with Crippen molar-refractivity contribution in [2.24, 2.45) is 12.0 Å². The molecule has 0 spiro atoms. The van der Waals surface area contributed by atoms with Gasteiger partial charge in [0.15, 0.2) is 5.49 Å². The van der Waals surface area contributed by atoms with Crippen LogP contribution in [0.2, 0.25) is 0 Å². The fourth-order valence-corrected chi connectivity index (χ4v) is 4.92. The van der Waals surface area contributed by atoms with E-state index in [9.17, 15) is 18.0 Å². The first-order valence-corrected chi connectivity index (χ1v) is 12.8. The van der Waals surface area contributed by atoms with Crippen LogP contribution in [0.15, 0.2) is 29.3 Å². The lowest BCUT2D eigenvalue weighted by atomic mass is 9.92. The first-order valence-electron chi connectivity index (χ1n) is 12.8. The van der Waals surface area contributed by atoms with Gasteiger partial charge in [-0.05, 0) is 50.8 Å². The molecule has 2 aliphatic heterocycles. The summed E-state index contributed by atoms with van der Waals surface area (Å²) in [5.74, 6) is -0.739. The number of carbonyl (C=O) groups excluding carboxylic acids is 1. The number of carbonyl (C=O) groups is 1. The Morgan fingerprint density at radius 1 is 1.14 bits per heavy atom. The molecule has 0 aliphatic carbocycles. The molecule has 0 bridgehead atoms. The molecule has 10 heteroatoms. The average molecular weight is 524 g/mol. The van der Waals surface area contributed by atoms with Crippen molar-refractivity contribution in [3.8, 4) is 5.75 Å². The minimum absolute atomic E-state index is 0.0169. The van der Waals surface area contributed by atoms with Gasteiger partial charge in [0.25, 0.3) is 5.91 Å². The Morgan fingerprint density at radius 2 is 1.89 bits per heavy atom. The fraction of sp³-hybridized carbons (Fsp3) is 0.630. The van der Waals surface area contributed by atoms with Gasteiger partial charge >= 0.3 is 6.18 Å². The lowest BCUT2D eigenvalue weighted by Gasteiger charge is -2.21. The van der Waals surface area contributed by atoms with Crippen molar-refractivity contribution >= 4 is 5.91 Å². The Balaban J connectivity index is 1.72. The van der Waals surface area contributed by atoms with E-state index >= 15 is 0 Å². The molecule has 1 aromatic heterocycles. The Kier molecular flexibility index (Phi) is 7.90. The van der Waals surface area contributed by atoms with Crippen molar-refractivity contribution in [2.75, 3.05) is 13.2 Å². The van der Waals surface area contributed by atoms with Crippen molar-refractivity contribution in [3.05, 3.63) is 46.6 Å². The monoisotopic (exact) mass is 523 g/mol. The zero-order valence-electron chi connectivity index (χ0n) is 22.1. The number of benzene rings is 1. The summed E-state index contributed by atoms with van der Waals surface area (Å²) in [6.45, 7) is 9.43. The van der Waals surface area contributed by atoms with Crippen LogP contribution in [-0.4, -0.2) is 46.8 Å². The lowest BCUT2D eigenvalue weighted by Crippen LogP contribution is -2.30. The molecule has 37 heavy (non-hydrogen) atoms. The third kappa shape index (κ3) is 6.46. The van der Waals surface area contributed by atoms with E-state index in [1.807, 2.05) is 29.4 Å². The summed E-state index contributed by atoms with van der Waals surface area (Å²) in [6, 6.07) is 4.74. The molecule has 7 nitrogen and oxygen atoms in total. The van der Waals surface area contributed by atoms with Gasteiger partial charge in [-0.1, -0.05) is 20.8 Å². The summed E-state index contributed by atoms with van der Waals surface area (Å²) in [6.07, 6.45) is -1.16. The zero-order valence-corrected chi connectivity index (χ0v) is 22.1. The van der Waals surface area contributed by atoms with Gasteiger partial charge in [0.1, 0.15) is 12.4 Å². The molecule has 2 fully saturated rings. The number of halogens is 3. The van der Waals surface area contributed by atoms with Gasteiger partial charge < -0.3 is 14.2 Å². The van der Waals surface area contributed by atoms with E-state index in [2.05, 4.69) is 25.8 Å².